The second-order valence-corrected chi connectivity index (χ2v) is 10.5. The van der Waals surface area contributed by atoms with Crippen LogP contribution in [0.15, 0.2) is 30.5 Å². The number of nitrogens with zero attached hydrogens (tertiary/aromatic N) is 4. The number of aromatic nitrogens is 4. The summed E-state index contributed by atoms with van der Waals surface area (Å²) in [6.07, 6.45) is 4.43. The SMILES string of the molecule is Cc1nn(-c2ccccn2)c2nc(C3CC3)cc(C(=O)NCC3CCS(=O)(=O)C3)c12. The molecule has 1 N–H and O–H groups in total. The fourth-order valence-corrected chi connectivity index (χ4v) is 5.94. The van der Waals surface area contributed by atoms with Crippen molar-refractivity contribution in [1.29, 1.82) is 0 Å². The minimum atomic E-state index is -2.97. The predicted molar refractivity (Wildman–Crippen MR) is 112 cm³/mol. The van der Waals surface area contributed by atoms with Crippen LogP contribution in [0.3, 0.4) is 0 Å². The van der Waals surface area contributed by atoms with Gasteiger partial charge in [0.15, 0.2) is 21.3 Å². The molecule has 1 saturated heterocycles. The highest BCUT2D eigenvalue weighted by Gasteiger charge is 2.31. The first kappa shape index (κ1) is 19.2. The number of aryl methyl sites for hydroxylation is 1. The molecule has 9 heteroatoms. The van der Waals surface area contributed by atoms with Crippen molar-refractivity contribution in [1.82, 2.24) is 25.1 Å². The minimum Gasteiger partial charge on any atom is -0.352 e. The quantitative estimate of drug-likeness (QED) is 0.671. The van der Waals surface area contributed by atoms with Crippen molar-refractivity contribution in [2.75, 3.05) is 18.1 Å². The lowest BCUT2D eigenvalue weighted by molar-refractivity contribution is 0.0950. The molecule has 3 aromatic heterocycles. The molecule has 0 radical (unpaired) electrons. The van der Waals surface area contributed by atoms with Crippen LogP contribution in [-0.2, 0) is 9.84 Å². The maximum Gasteiger partial charge on any atom is 0.252 e. The van der Waals surface area contributed by atoms with Crippen LogP contribution < -0.4 is 5.32 Å². The van der Waals surface area contributed by atoms with Gasteiger partial charge >= 0.3 is 0 Å². The third kappa shape index (κ3) is 3.58. The molecule has 5 rings (SSSR count). The van der Waals surface area contributed by atoms with Gasteiger partial charge in [0.25, 0.3) is 5.91 Å². The van der Waals surface area contributed by atoms with Gasteiger partial charge in [-0.15, -0.1) is 0 Å². The zero-order valence-corrected chi connectivity index (χ0v) is 17.5. The van der Waals surface area contributed by atoms with Crippen molar-refractivity contribution in [2.45, 2.75) is 32.1 Å². The molecule has 1 aliphatic heterocycles. The molecule has 0 bridgehead atoms. The fraction of sp³-hybridized carbons (Fsp3) is 0.429. The largest absolute Gasteiger partial charge is 0.352 e. The second-order valence-electron chi connectivity index (χ2n) is 8.23. The Bertz CT molecular complexity index is 1230. The van der Waals surface area contributed by atoms with E-state index < -0.39 is 9.84 Å². The van der Waals surface area contributed by atoms with E-state index in [0.29, 0.717) is 47.0 Å². The number of carbonyl (C=O) groups is 1. The first-order valence-corrected chi connectivity index (χ1v) is 12.0. The monoisotopic (exact) mass is 425 g/mol. The minimum absolute atomic E-state index is 0.0310. The van der Waals surface area contributed by atoms with E-state index in [0.717, 1.165) is 18.5 Å². The van der Waals surface area contributed by atoms with E-state index in [1.54, 1.807) is 10.9 Å². The van der Waals surface area contributed by atoms with Gasteiger partial charge in [0.05, 0.1) is 28.1 Å². The molecule has 1 amide bonds. The van der Waals surface area contributed by atoms with Crippen LogP contribution in [0.5, 0.6) is 0 Å². The molecule has 1 atom stereocenters. The van der Waals surface area contributed by atoms with E-state index in [1.165, 1.54) is 0 Å². The number of pyridine rings is 2. The van der Waals surface area contributed by atoms with Gasteiger partial charge in [0.1, 0.15) is 0 Å². The fourth-order valence-electron chi connectivity index (χ4n) is 4.08. The number of sulfone groups is 1. The molecule has 4 heterocycles. The number of fused-ring (bicyclic) bond motifs is 1. The van der Waals surface area contributed by atoms with Gasteiger partial charge in [0.2, 0.25) is 0 Å². The maximum absolute atomic E-state index is 13.1. The Balaban J connectivity index is 1.52. The lowest BCUT2D eigenvalue weighted by atomic mass is 10.1. The van der Waals surface area contributed by atoms with Gasteiger partial charge in [-0.3, -0.25) is 4.79 Å². The van der Waals surface area contributed by atoms with Crippen molar-refractivity contribution >= 4 is 26.8 Å². The Morgan fingerprint density at radius 3 is 2.77 bits per heavy atom. The standard InChI is InChI=1S/C21H23N5O3S/c1-13-19-16(21(27)23-11-14-7-9-30(28,29)12-14)10-17(15-5-6-15)24-20(19)26(25-13)18-4-2-3-8-22-18/h2-4,8,10,14-15H,5-7,9,11-12H2,1H3,(H,23,27). The average Bonchev–Trinajstić information content (AvgIpc) is 3.46. The predicted octanol–water partition coefficient (Wildman–Crippen LogP) is 2.17. The highest BCUT2D eigenvalue weighted by atomic mass is 32.2. The molecule has 2 aliphatic rings. The van der Waals surface area contributed by atoms with Crippen molar-refractivity contribution in [3.63, 3.8) is 0 Å². The van der Waals surface area contributed by atoms with Gasteiger partial charge < -0.3 is 5.32 Å². The third-order valence-corrected chi connectivity index (χ3v) is 7.65. The molecule has 156 valence electrons. The highest BCUT2D eigenvalue weighted by molar-refractivity contribution is 7.91. The van der Waals surface area contributed by atoms with Crippen LogP contribution in [0.2, 0.25) is 0 Å². The van der Waals surface area contributed by atoms with E-state index in [1.807, 2.05) is 31.2 Å². The molecule has 0 aromatic carbocycles. The van der Waals surface area contributed by atoms with Gasteiger partial charge in [-0.25, -0.2) is 18.4 Å². The highest BCUT2D eigenvalue weighted by Crippen LogP contribution is 2.40. The zero-order valence-electron chi connectivity index (χ0n) is 16.7. The molecule has 30 heavy (non-hydrogen) atoms. The molecule has 1 saturated carbocycles. The Hall–Kier alpha value is -2.81. The maximum atomic E-state index is 13.1. The normalized spacial score (nSPS) is 20.5. The molecule has 1 unspecified atom stereocenters. The lowest BCUT2D eigenvalue weighted by Crippen LogP contribution is -2.30. The van der Waals surface area contributed by atoms with Gasteiger partial charge in [-0.1, -0.05) is 6.07 Å². The number of hydrogen-bond acceptors (Lipinski definition) is 6. The first-order valence-electron chi connectivity index (χ1n) is 10.2. The molecule has 3 aromatic rings. The van der Waals surface area contributed by atoms with E-state index in [4.69, 9.17) is 4.98 Å². The third-order valence-electron chi connectivity index (χ3n) is 5.82. The van der Waals surface area contributed by atoms with Crippen LogP contribution in [-0.4, -0.2) is 52.1 Å². The van der Waals surface area contributed by atoms with E-state index >= 15 is 0 Å². The molecular formula is C21H23N5O3S. The van der Waals surface area contributed by atoms with E-state index in [-0.39, 0.29) is 23.3 Å². The summed E-state index contributed by atoms with van der Waals surface area (Å²) in [4.78, 5) is 22.3. The summed E-state index contributed by atoms with van der Waals surface area (Å²) in [7, 11) is -2.97. The lowest BCUT2D eigenvalue weighted by Gasteiger charge is -2.12. The Morgan fingerprint density at radius 1 is 1.27 bits per heavy atom. The summed E-state index contributed by atoms with van der Waals surface area (Å²) in [5, 5.41) is 8.27. The summed E-state index contributed by atoms with van der Waals surface area (Å²) in [5.74, 6) is 1.12. The van der Waals surface area contributed by atoms with Crippen molar-refractivity contribution in [3.05, 3.63) is 47.4 Å². The number of rotatable bonds is 5. The summed E-state index contributed by atoms with van der Waals surface area (Å²) in [5.41, 5.74) is 2.78. The Kier molecular flexibility index (Phi) is 4.57. The van der Waals surface area contributed by atoms with Crippen molar-refractivity contribution < 1.29 is 13.2 Å². The number of amides is 1. The van der Waals surface area contributed by atoms with Gasteiger partial charge in [-0.2, -0.15) is 9.78 Å². The van der Waals surface area contributed by atoms with Crippen LogP contribution in [0.4, 0.5) is 0 Å². The Labute approximate surface area is 174 Å². The number of carbonyl (C=O) groups excluding carboxylic acids is 1. The first-order chi connectivity index (χ1) is 14.4. The summed E-state index contributed by atoms with van der Waals surface area (Å²) < 4.78 is 25.1. The topological polar surface area (TPSA) is 107 Å². The second kappa shape index (κ2) is 7.16. The Morgan fingerprint density at radius 2 is 2.10 bits per heavy atom. The summed E-state index contributed by atoms with van der Waals surface area (Å²) in [6.45, 7) is 2.22. The van der Waals surface area contributed by atoms with Gasteiger partial charge in [-0.05, 0) is 50.3 Å². The van der Waals surface area contributed by atoms with Crippen molar-refractivity contribution in [2.24, 2.45) is 5.92 Å². The molecule has 0 spiro atoms. The summed E-state index contributed by atoms with van der Waals surface area (Å²) in [6, 6.07) is 7.46. The van der Waals surface area contributed by atoms with Gasteiger partial charge in [0, 0.05) is 24.4 Å². The molecule has 1 aliphatic carbocycles. The zero-order chi connectivity index (χ0) is 20.9. The average molecular weight is 426 g/mol. The van der Waals surface area contributed by atoms with Crippen LogP contribution in [0.1, 0.15) is 46.9 Å². The number of nitrogens with one attached hydrogen (secondary N) is 1. The molecule has 8 nitrogen and oxygen atoms in total. The molecular weight excluding hydrogens is 402 g/mol. The smallest absolute Gasteiger partial charge is 0.252 e. The van der Waals surface area contributed by atoms with Crippen LogP contribution in [0, 0.1) is 12.8 Å². The van der Waals surface area contributed by atoms with Crippen molar-refractivity contribution in [3.8, 4) is 5.82 Å². The molecule has 2 fully saturated rings. The summed E-state index contributed by atoms with van der Waals surface area (Å²) >= 11 is 0. The number of hydrogen-bond donors (Lipinski definition) is 1. The van der Waals surface area contributed by atoms with E-state index in [9.17, 15) is 13.2 Å². The van der Waals surface area contributed by atoms with Crippen LogP contribution >= 0.6 is 0 Å². The van der Waals surface area contributed by atoms with Crippen LogP contribution in [0.25, 0.3) is 16.9 Å². The van der Waals surface area contributed by atoms with E-state index in [2.05, 4.69) is 15.4 Å².